The van der Waals surface area contributed by atoms with E-state index >= 15 is 0 Å². The van der Waals surface area contributed by atoms with E-state index in [1.807, 2.05) is 40.8 Å². The Bertz CT molecular complexity index is 691. The third kappa shape index (κ3) is 3.39. The first-order chi connectivity index (χ1) is 11.1. The zero-order chi connectivity index (χ0) is 16.4. The molecule has 0 aliphatic carbocycles. The molecule has 1 saturated heterocycles. The van der Waals surface area contributed by atoms with E-state index in [4.69, 9.17) is 0 Å². The van der Waals surface area contributed by atoms with Crippen molar-refractivity contribution in [3.05, 3.63) is 35.8 Å². The average molecular weight is 314 g/mol. The molecular weight excluding hydrogens is 288 g/mol. The summed E-state index contributed by atoms with van der Waals surface area (Å²) < 4.78 is 2.04. The SMILES string of the molecule is Cc1cccn2c(CC(=O)N3CCCC[C@H](N(C)C)C3)cnc12. The fraction of sp³-hybridized carbons (Fsp3) is 0.556. The lowest BCUT2D eigenvalue weighted by atomic mass is 10.1. The van der Waals surface area contributed by atoms with Gasteiger partial charge in [0.2, 0.25) is 5.91 Å². The first-order valence-electron chi connectivity index (χ1n) is 8.42. The topological polar surface area (TPSA) is 40.9 Å². The molecule has 3 heterocycles. The molecule has 124 valence electrons. The van der Waals surface area contributed by atoms with Crippen molar-refractivity contribution in [1.29, 1.82) is 0 Å². The molecule has 1 aliphatic heterocycles. The highest BCUT2D eigenvalue weighted by atomic mass is 16.2. The number of carbonyl (C=O) groups is 1. The van der Waals surface area contributed by atoms with Crippen molar-refractivity contribution in [2.75, 3.05) is 27.2 Å². The number of aryl methyl sites for hydroxylation is 1. The van der Waals surface area contributed by atoms with E-state index in [0.29, 0.717) is 12.5 Å². The van der Waals surface area contributed by atoms with E-state index in [1.54, 1.807) is 0 Å². The molecule has 23 heavy (non-hydrogen) atoms. The van der Waals surface area contributed by atoms with Crippen LogP contribution in [0.4, 0.5) is 0 Å². The predicted octanol–water partition coefficient (Wildman–Crippen LogP) is 2.13. The van der Waals surface area contributed by atoms with Gasteiger partial charge in [-0.05, 0) is 45.5 Å². The third-order valence-corrected chi connectivity index (χ3v) is 4.87. The Labute approximate surface area is 137 Å². The number of imidazole rings is 1. The van der Waals surface area contributed by atoms with Gasteiger partial charge in [0.1, 0.15) is 5.65 Å². The highest BCUT2D eigenvalue weighted by molar-refractivity contribution is 5.78. The highest BCUT2D eigenvalue weighted by Gasteiger charge is 2.24. The van der Waals surface area contributed by atoms with Crippen LogP contribution in [-0.4, -0.2) is 58.3 Å². The van der Waals surface area contributed by atoms with Crippen LogP contribution in [0.2, 0.25) is 0 Å². The van der Waals surface area contributed by atoms with Crippen LogP contribution in [0.5, 0.6) is 0 Å². The summed E-state index contributed by atoms with van der Waals surface area (Å²) in [6, 6.07) is 4.52. The maximum absolute atomic E-state index is 12.8. The van der Waals surface area contributed by atoms with E-state index in [0.717, 1.165) is 36.4 Å². The van der Waals surface area contributed by atoms with Crippen LogP contribution in [0, 0.1) is 6.92 Å². The van der Waals surface area contributed by atoms with E-state index in [1.165, 1.54) is 12.8 Å². The van der Waals surface area contributed by atoms with Crippen molar-refractivity contribution in [1.82, 2.24) is 19.2 Å². The molecule has 0 saturated carbocycles. The smallest absolute Gasteiger partial charge is 0.228 e. The van der Waals surface area contributed by atoms with Crippen molar-refractivity contribution in [3.63, 3.8) is 0 Å². The Kier molecular flexibility index (Phi) is 4.66. The lowest BCUT2D eigenvalue weighted by molar-refractivity contribution is -0.131. The predicted molar refractivity (Wildman–Crippen MR) is 91.5 cm³/mol. The van der Waals surface area contributed by atoms with Crippen molar-refractivity contribution >= 4 is 11.6 Å². The second-order valence-corrected chi connectivity index (χ2v) is 6.76. The lowest BCUT2D eigenvalue weighted by Gasteiger charge is -2.28. The Hall–Kier alpha value is -1.88. The largest absolute Gasteiger partial charge is 0.341 e. The van der Waals surface area contributed by atoms with Gasteiger partial charge in [0, 0.05) is 31.5 Å². The molecule has 0 radical (unpaired) electrons. The summed E-state index contributed by atoms with van der Waals surface area (Å²) in [6.45, 7) is 3.75. The van der Waals surface area contributed by atoms with E-state index in [2.05, 4.69) is 24.0 Å². The average Bonchev–Trinajstić information content (AvgIpc) is 2.78. The molecule has 0 spiro atoms. The Balaban J connectivity index is 1.76. The first kappa shape index (κ1) is 16.0. The molecule has 2 aromatic rings. The summed E-state index contributed by atoms with van der Waals surface area (Å²) in [5, 5.41) is 0. The molecule has 2 aromatic heterocycles. The van der Waals surface area contributed by atoms with E-state index < -0.39 is 0 Å². The molecule has 3 rings (SSSR count). The summed E-state index contributed by atoms with van der Waals surface area (Å²) in [4.78, 5) is 21.5. The number of hydrogen-bond acceptors (Lipinski definition) is 3. The number of likely N-dealkylation sites (N-methyl/N-ethyl adjacent to an activating group) is 1. The minimum absolute atomic E-state index is 0.210. The van der Waals surface area contributed by atoms with Crippen LogP contribution in [-0.2, 0) is 11.2 Å². The number of nitrogens with zero attached hydrogens (tertiary/aromatic N) is 4. The normalized spacial score (nSPS) is 19.3. The van der Waals surface area contributed by atoms with Crippen molar-refractivity contribution in [2.24, 2.45) is 0 Å². The van der Waals surface area contributed by atoms with E-state index in [-0.39, 0.29) is 5.91 Å². The summed E-state index contributed by atoms with van der Waals surface area (Å²) in [7, 11) is 4.21. The number of fused-ring (bicyclic) bond motifs is 1. The van der Waals surface area contributed by atoms with E-state index in [9.17, 15) is 4.79 Å². The minimum atomic E-state index is 0.210. The van der Waals surface area contributed by atoms with Gasteiger partial charge in [0.15, 0.2) is 0 Å². The number of likely N-dealkylation sites (tertiary alicyclic amines) is 1. The van der Waals surface area contributed by atoms with Crippen LogP contribution in [0.25, 0.3) is 5.65 Å². The zero-order valence-corrected chi connectivity index (χ0v) is 14.3. The standard InChI is InChI=1S/C18H26N4O/c1-14-7-6-10-22-16(12-19-18(14)22)11-17(23)21-9-5-4-8-15(13-21)20(2)3/h6-7,10,12,15H,4-5,8-9,11,13H2,1-3H3/t15-/m0/s1. The van der Waals surface area contributed by atoms with Gasteiger partial charge < -0.3 is 14.2 Å². The number of pyridine rings is 1. The van der Waals surface area contributed by atoms with Gasteiger partial charge in [0.25, 0.3) is 0 Å². The molecule has 0 aromatic carbocycles. The molecule has 1 amide bonds. The fourth-order valence-electron chi connectivity index (χ4n) is 3.37. The molecule has 5 heteroatoms. The number of hydrogen-bond donors (Lipinski definition) is 0. The van der Waals surface area contributed by atoms with Crippen LogP contribution in [0.1, 0.15) is 30.5 Å². The third-order valence-electron chi connectivity index (χ3n) is 4.87. The van der Waals surface area contributed by atoms with Gasteiger partial charge in [-0.2, -0.15) is 0 Å². The summed E-state index contributed by atoms with van der Waals surface area (Å²) in [6.07, 6.45) is 7.71. The minimum Gasteiger partial charge on any atom is -0.341 e. The number of amides is 1. The van der Waals surface area contributed by atoms with Crippen LogP contribution in [0.3, 0.4) is 0 Å². The van der Waals surface area contributed by atoms with Gasteiger partial charge in [-0.3, -0.25) is 4.79 Å². The molecular formula is C18H26N4O. The molecule has 0 N–H and O–H groups in total. The second-order valence-electron chi connectivity index (χ2n) is 6.76. The van der Waals surface area contributed by atoms with Crippen molar-refractivity contribution in [2.45, 2.75) is 38.6 Å². The monoisotopic (exact) mass is 314 g/mol. The quantitative estimate of drug-likeness (QED) is 0.871. The Morgan fingerprint density at radius 3 is 3.00 bits per heavy atom. The Morgan fingerprint density at radius 2 is 2.22 bits per heavy atom. The van der Waals surface area contributed by atoms with Crippen LogP contribution >= 0.6 is 0 Å². The van der Waals surface area contributed by atoms with Gasteiger partial charge >= 0.3 is 0 Å². The maximum atomic E-state index is 12.8. The van der Waals surface area contributed by atoms with Crippen LogP contribution in [0.15, 0.2) is 24.5 Å². The zero-order valence-electron chi connectivity index (χ0n) is 14.3. The number of rotatable bonds is 3. The molecule has 1 atom stereocenters. The van der Waals surface area contributed by atoms with Gasteiger partial charge in [-0.15, -0.1) is 0 Å². The summed E-state index contributed by atoms with van der Waals surface area (Å²) >= 11 is 0. The summed E-state index contributed by atoms with van der Waals surface area (Å²) in [5.74, 6) is 0.210. The van der Waals surface area contributed by atoms with Gasteiger partial charge in [-0.25, -0.2) is 4.98 Å². The van der Waals surface area contributed by atoms with Gasteiger partial charge in [0.05, 0.1) is 12.1 Å². The molecule has 1 fully saturated rings. The summed E-state index contributed by atoms with van der Waals surface area (Å²) in [5.41, 5.74) is 3.05. The Morgan fingerprint density at radius 1 is 1.39 bits per heavy atom. The second kappa shape index (κ2) is 6.71. The van der Waals surface area contributed by atoms with Crippen molar-refractivity contribution < 1.29 is 4.79 Å². The highest BCUT2D eigenvalue weighted by Crippen LogP contribution is 2.16. The van der Waals surface area contributed by atoms with Crippen molar-refractivity contribution in [3.8, 4) is 0 Å². The number of aromatic nitrogens is 2. The molecule has 5 nitrogen and oxygen atoms in total. The maximum Gasteiger partial charge on any atom is 0.228 e. The lowest BCUT2D eigenvalue weighted by Crippen LogP contribution is -2.42. The molecule has 0 unspecified atom stereocenters. The fourth-order valence-corrected chi connectivity index (χ4v) is 3.37. The van der Waals surface area contributed by atoms with Gasteiger partial charge in [-0.1, -0.05) is 12.5 Å². The van der Waals surface area contributed by atoms with Crippen LogP contribution < -0.4 is 0 Å². The first-order valence-corrected chi connectivity index (χ1v) is 8.42. The number of carbonyl (C=O) groups excluding carboxylic acids is 1. The molecule has 0 bridgehead atoms. The molecule has 1 aliphatic rings.